The Bertz CT molecular complexity index is 856. The quantitative estimate of drug-likeness (QED) is 0.780. The van der Waals surface area contributed by atoms with Gasteiger partial charge in [-0.25, -0.2) is 4.79 Å². The SMILES string of the molecule is O=C(O)C1Cc2c(c(Cl)cc3c(-c4cccs4)noc23)O1. The standard InChI is InChI=1S/C14H8ClNO4S/c15-8-4-6-11(10-2-1-3-21-10)16-20-12(6)7-5-9(14(17)18)19-13(7)8/h1-4,9H,5H2,(H,17,18). The van der Waals surface area contributed by atoms with Crippen molar-refractivity contribution in [3.8, 4) is 16.3 Å². The molecule has 1 aromatic carbocycles. The van der Waals surface area contributed by atoms with Crippen LogP contribution in [0, 0.1) is 0 Å². The number of halogens is 1. The molecule has 0 saturated heterocycles. The van der Waals surface area contributed by atoms with Gasteiger partial charge in [0.2, 0.25) is 0 Å². The number of benzene rings is 1. The number of hydrogen-bond acceptors (Lipinski definition) is 5. The van der Waals surface area contributed by atoms with E-state index in [1.165, 1.54) is 0 Å². The number of carbonyl (C=O) groups is 1. The molecule has 21 heavy (non-hydrogen) atoms. The van der Waals surface area contributed by atoms with E-state index in [1.54, 1.807) is 17.4 Å². The molecule has 7 heteroatoms. The Morgan fingerprint density at radius 2 is 2.38 bits per heavy atom. The number of carboxylic acid groups (broad SMARTS) is 1. The second-order valence-corrected chi connectivity index (χ2v) is 6.05. The molecule has 0 bridgehead atoms. The minimum absolute atomic E-state index is 0.223. The molecule has 0 amide bonds. The highest BCUT2D eigenvalue weighted by atomic mass is 35.5. The van der Waals surface area contributed by atoms with E-state index < -0.39 is 12.1 Å². The molecule has 3 aromatic rings. The molecule has 2 aromatic heterocycles. The van der Waals surface area contributed by atoms with Gasteiger partial charge in [-0.3, -0.25) is 0 Å². The van der Waals surface area contributed by atoms with Gasteiger partial charge in [0.15, 0.2) is 11.7 Å². The summed E-state index contributed by atoms with van der Waals surface area (Å²) in [5.41, 5.74) is 1.92. The number of thiophene rings is 1. The van der Waals surface area contributed by atoms with E-state index in [2.05, 4.69) is 5.16 Å². The third-order valence-corrected chi connectivity index (χ3v) is 4.60. The van der Waals surface area contributed by atoms with E-state index in [4.69, 9.17) is 26.0 Å². The van der Waals surface area contributed by atoms with E-state index in [9.17, 15) is 4.79 Å². The first-order valence-electron chi connectivity index (χ1n) is 6.19. The average molecular weight is 322 g/mol. The Labute approximate surface area is 127 Å². The molecule has 0 aliphatic carbocycles. The van der Waals surface area contributed by atoms with Crippen LogP contribution in [0.3, 0.4) is 0 Å². The van der Waals surface area contributed by atoms with Crippen LogP contribution in [0.25, 0.3) is 21.5 Å². The smallest absolute Gasteiger partial charge is 0.345 e. The molecule has 1 unspecified atom stereocenters. The summed E-state index contributed by atoms with van der Waals surface area (Å²) in [5.74, 6) is -0.640. The molecular formula is C14H8ClNO4S. The maximum Gasteiger partial charge on any atom is 0.345 e. The van der Waals surface area contributed by atoms with Gasteiger partial charge in [-0.05, 0) is 17.5 Å². The maximum atomic E-state index is 11.1. The number of aliphatic carboxylic acids is 1. The minimum atomic E-state index is -1.02. The fourth-order valence-electron chi connectivity index (χ4n) is 2.50. The van der Waals surface area contributed by atoms with Crippen LogP contribution in [-0.4, -0.2) is 22.3 Å². The van der Waals surface area contributed by atoms with E-state index in [0.29, 0.717) is 27.6 Å². The lowest BCUT2D eigenvalue weighted by molar-refractivity contribution is -0.144. The molecule has 1 N–H and O–H groups in total. The number of fused-ring (bicyclic) bond motifs is 3. The zero-order chi connectivity index (χ0) is 14.6. The van der Waals surface area contributed by atoms with Crippen molar-refractivity contribution < 1.29 is 19.2 Å². The molecule has 1 atom stereocenters. The fourth-order valence-corrected chi connectivity index (χ4v) is 3.49. The van der Waals surface area contributed by atoms with Gasteiger partial charge in [0.1, 0.15) is 11.4 Å². The van der Waals surface area contributed by atoms with Crippen LogP contribution in [0.4, 0.5) is 0 Å². The van der Waals surface area contributed by atoms with Gasteiger partial charge in [0.25, 0.3) is 0 Å². The van der Waals surface area contributed by atoms with E-state index in [0.717, 1.165) is 10.3 Å². The second-order valence-electron chi connectivity index (χ2n) is 4.70. The van der Waals surface area contributed by atoms with Crippen molar-refractivity contribution in [2.45, 2.75) is 12.5 Å². The van der Waals surface area contributed by atoms with Gasteiger partial charge in [-0.15, -0.1) is 11.3 Å². The molecule has 0 fully saturated rings. The maximum absolute atomic E-state index is 11.1. The summed E-state index contributed by atoms with van der Waals surface area (Å²) in [6.45, 7) is 0. The lowest BCUT2D eigenvalue weighted by Gasteiger charge is -2.05. The third-order valence-electron chi connectivity index (χ3n) is 3.44. The zero-order valence-corrected chi connectivity index (χ0v) is 12.1. The summed E-state index contributed by atoms with van der Waals surface area (Å²) in [7, 11) is 0. The predicted octanol–water partition coefficient (Wildman–Crippen LogP) is 3.60. The Hall–Kier alpha value is -2.05. The van der Waals surface area contributed by atoms with Gasteiger partial charge < -0.3 is 14.4 Å². The summed E-state index contributed by atoms with van der Waals surface area (Å²) >= 11 is 7.77. The van der Waals surface area contributed by atoms with Crippen LogP contribution in [0.1, 0.15) is 5.56 Å². The predicted molar refractivity (Wildman–Crippen MR) is 78.1 cm³/mol. The largest absolute Gasteiger partial charge is 0.478 e. The van der Waals surface area contributed by atoms with Crippen molar-refractivity contribution in [1.29, 1.82) is 0 Å². The number of ether oxygens (including phenoxy) is 1. The first-order valence-corrected chi connectivity index (χ1v) is 7.45. The Kier molecular flexibility index (Phi) is 2.70. The molecule has 1 aliphatic rings. The zero-order valence-electron chi connectivity index (χ0n) is 10.5. The molecule has 0 saturated carbocycles. The highest BCUT2D eigenvalue weighted by Gasteiger charge is 2.34. The topological polar surface area (TPSA) is 72.6 Å². The normalized spacial score (nSPS) is 16.9. The van der Waals surface area contributed by atoms with E-state index in [-0.39, 0.29) is 6.42 Å². The lowest BCUT2D eigenvalue weighted by atomic mass is 10.1. The van der Waals surface area contributed by atoms with E-state index >= 15 is 0 Å². The summed E-state index contributed by atoms with van der Waals surface area (Å²) < 4.78 is 10.8. The Balaban J connectivity index is 1.93. The summed E-state index contributed by atoms with van der Waals surface area (Å²) in [6, 6.07) is 5.59. The van der Waals surface area contributed by atoms with Crippen molar-refractivity contribution in [2.75, 3.05) is 0 Å². The second kappa shape index (κ2) is 4.47. The van der Waals surface area contributed by atoms with Crippen molar-refractivity contribution in [1.82, 2.24) is 5.16 Å². The van der Waals surface area contributed by atoms with Gasteiger partial charge in [-0.2, -0.15) is 0 Å². The van der Waals surface area contributed by atoms with Gasteiger partial charge in [0.05, 0.1) is 15.3 Å². The van der Waals surface area contributed by atoms with Crippen LogP contribution in [-0.2, 0) is 11.2 Å². The molecular weight excluding hydrogens is 314 g/mol. The van der Waals surface area contributed by atoms with Crippen LogP contribution >= 0.6 is 22.9 Å². The third kappa shape index (κ3) is 1.83. The molecule has 5 nitrogen and oxygen atoms in total. The molecule has 1 aliphatic heterocycles. The van der Waals surface area contributed by atoms with Crippen LogP contribution < -0.4 is 4.74 Å². The monoisotopic (exact) mass is 321 g/mol. The number of aromatic nitrogens is 1. The summed E-state index contributed by atoms with van der Waals surface area (Å²) in [4.78, 5) is 12.1. The number of nitrogens with zero attached hydrogens (tertiary/aromatic N) is 1. The van der Waals surface area contributed by atoms with Gasteiger partial charge >= 0.3 is 5.97 Å². The Morgan fingerprint density at radius 3 is 3.10 bits per heavy atom. The van der Waals surface area contributed by atoms with Crippen molar-refractivity contribution >= 4 is 39.9 Å². The van der Waals surface area contributed by atoms with Gasteiger partial charge in [0, 0.05) is 12.0 Å². The van der Waals surface area contributed by atoms with Crippen molar-refractivity contribution in [3.63, 3.8) is 0 Å². The fraction of sp³-hybridized carbons (Fsp3) is 0.143. The lowest BCUT2D eigenvalue weighted by Crippen LogP contribution is -2.24. The highest BCUT2D eigenvalue weighted by Crippen LogP contribution is 2.44. The molecule has 0 spiro atoms. The van der Waals surface area contributed by atoms with Crippen LogP contribution in [0.5, 0.6) is 5.75 Å². The van der Waals surface area contributed by atoms with Gasteiger partial charge in [-0.1, -0.05) is 22.8 Å². The molecule has 106 valence electrons. The van der Waals surface area contributed by atoms with Crippen LogP contribution in [0.2, 0.25) is 5.02 Å². The van der Waals surface area contributed by atoms with E-state index in [1.807, 2.05) is 17.5 Å². The molecule has 0 radical (unpaired) electrons. The Morgan fingerprint density at radius 1 is 1.52 bits per heavy atom. The minimum Gasteiger partial charge on any atom is -0.478 e. The number of hydrogen-bond donors (Lipinski definition) is 1. The first kappa shape index (κ1) is 12.7. The van der Waals surface area contributed by atoms with Crippen molar-refractivity contribution in [3.05, 3.63) is 34.2 Å². The molecule has 3 heterocycles. The summed E-state index contributed by atoms with van der Waals surface area (Å²) in [6.07, 6.45) is -0.709. The first-order chi connectivity index (χ1) is 10.1. The number of rotatable bonds is 2. The molecule has 4 rings (SSSR count). The van der Waals surface area contributed by atoms with Crippen LogP contribution in [0.15, 0.2) is 28.1 Å². The highest BCUT2D eigenvalue weighted by molar-refractivity contribution is 7.13. The van der Waals surface area contributed by atoms with Crippen molar-refractivity contribution in [2.24, 2.45) is 0 Å². The summed E-state index contributed by atoms with van der Waals surface area (Å²) in [5, 5.41) is 16.3. The number of carboxylic acids is 1. The average Bonchev–Trinajstić information content (AvgIpc) is 3.16.